The van der Waals surface area contributed by atoms with Crippen molar-refractivity contribution in [2.24, 2.45) is 5.92 Å². The molecule has 3 fully saturated rings. The molecule has 7 atom stereocenters. The summed E-state index contributed by atoms with van der Waals surface area (Å²) in [5.41, 5.74) is 0.975. The van der Waals surface area contributed by atoms with Crippen LogP contribution in [-0.4, -0.2) is 89.4 Å². The minimum Gasteiger partial charge on any atom is -0.496 e. The highest BCUT2D eigenvalue weighted by molar-refractivity contribution is 7.57. The molecule has 3 aliphatic heterocycles. The van der Waals surface area contributed by atoms with Crippen molar-refractivity contribution in [2.75, 3.05) is 26.8 Å². The van der Waals surface area contributed by atoms with Gasteiger partial charge >= 0.3 is 13.5 Å². The van der Waals surface area contributed by atoms with Crippen LogP contribution < -0.4 is 19.7 Å². The minimum atomic E-state index is -4.44. The van der Waals surface area contributed by atoms with Crippen LogP contribution in [0.4, 0.5) is 4.39 Å². The second kappa shape index (κ2) is 17.6. The standard InChI is InChI=1S/C42H49FN5O8PS/c1-5-17-55-42(52)26(3)46-57(53,56-31-9-7-6-8-10-31)38(43)27-11-14-36-28(20-27)21-37(58-36)39(49)45-33-19-25(2)18-30-12-13-34(48(30)40(33)50)41(51)47-23-29(24-47)32-22-44-16-15-35(32)54-4/h6-11,14-16,20-22,25-26,29-30,33-34,38H,5,12-13,17-19,23-24H2,1-4H3,(H,45,49)(H,46,53)/t25-,26+,30-,33+,34+,38-,57+/m1/s1. The first-order chi connectivity index (χ1) is 27.9. The maximum atomic E-state index is 16.5. The highest BCUT2D eigenvalue weighted by Crippen LogP contribution is 2.58. The quantitative estimate of drug-likeness (QED) is 0.100. The third kappa shape index (κ3) is 8.62. The Morgan fingerprint density at radius 2 is 1.84 bits per heavy atom. The van der Waals surface area contributed by atoms with Crippen LogP contribution in [0, 0.1) is 5.92 Å². The van der Waals surface area contributed by atoms with Crippen LogP contribution in [-0.2, 0) is 23.7 Å². The number of ether oxygens (including phenoxy) is 2. The average molecular weight is 834 g/mol. The van der Waals surface area contributed by atoms with Gasteiger partial charge in [-0.25, -0.2) is 9.48 Å². The summed E-state index contributed by atoms with van der Waals surface area (Å²) in [7, 11) is -2.83. The van der Waals surface area contributed by atoms with Gasteiger partial charge in [0.25, 0.3) is 5.91 Å². The van der Waals surface area contributed by atoms with Gasteiger partial charge in [-0.2, -0.15) is 0 Å². The molecule has 4 aromatic rings. The maximum Gasteiger partial charge on any atom is 0.355 e. The maximum absolute atomic E-state index is 16.5. The van der Waals surface area contributed by atoms with E-state index >= 15 is 4.39 Å². The van der Waals surface area contributed by atoms with Gasteiger partial charge in [0.05, 0.1) is 18.6 Å². The van der Waals surface area contributed by atoms with Crippen LogP contribution in [0.25, 0.3) is 10.1 Å². The number of halogens is 1. The molecule has 58 heavy (non-hydrogen) atoms. The fourth-order valence-corrected chi connectivity index (χ4v) is 11.0. The topological polar surface area (TPSA) is 156 Å². The molecular formula is C42H49FN5O8PS. The number of amides is 3. The van der Waals surface area contributed by atoms with Crippen LogP contribution in [0.15, 0.2) is 73.1 Å². The number of carbonyl (C=O) groups is 4. The summed E-state index contributed by atoms with van der Waals surface area (Å²) in [5.74, 6) is -2.58. The largest absolute Gasteiger partial charge is 0.496 e. The number of esters is 1. The Hall–Kier alpha value is -4.85. The van der Waals surface area contributed by atoms with E-state index < -0.39 is 43.4 Å². The van der Waals surface area contributed by atoms with Crippen LogP contribution in [0.5, 0.6) is 11.5 Å². The van der Waals surface area contributed by atoms with Crippen molar-refractivity contribution in [1.82, 2.24) is 25.2 Å². The van der Waals surface area contributed by atoms with Crippen LogP contribution >= 0.6 is 18.9 Å². The van der Waals surface area contributed by atoms with Gasteiger partial charge in [0.15, 0.2) is 0 Å². The first kappa shape index (κ1) is 41.3. The fraction of sp³-hybridized carbons (Fsp3) is 0.452. The molecule has 0 radical (unpaired) electrons. The summed E-state index contributed by atoms with van der Waals surface area (Å²) in [5, 5.41) is 6.08. The van der Waals surface area contributed by atoms with Crippen LogP contribution in [0.3, 0.4) is 0 Å². The van der Waals surface area contributed by atoms with E-state index in [2.05, 4.69) is 22.3 Å². The first-order valence-electron chi connectivity index (χ1n) is 19.7. The Bertz CT molecular complexity index is 2200. The number of benzene rings is 2. The van der Waals surface area contributed by atoms with Gasteiger partial charge in [-0.05, 0) is 92.3 Å². The Balaban J connectivity index is 1.05. The number of hydrogen-bond acceptors (Lipinski definition) is 10. The van der Waals surface area contributed by atoms with Gasteiger partial charge in [-0.15, -0.1) is 11.3 Å². The van der Waals surface area contributed by atoms with E-state index in [9.17, 15) is 23.7 Å². The van der Waals surface area contributed by atoms with Crippen molar-refractivity contribution in [3.8, 4) is 11.5 Å². The van der Waals surface area contributed by atoms with E-state index in [1.54, 1.807) is 77.8 Å². The summed E-state index contributed by atoms with van der Waals surface area (Å²) >= 11 is 1.18. The number of nitrogens with one attached hydrogen (secondary N) is 2. The summed E-state index contributed by atoms with van der Waals surface area (Å²) in [4.78, 5) is 62.6. The second-order valence-electron chi connectivity index (χ2n) is 15.4. The summed E-state index contributed by atoms with van der Waals surface area (Å²) in [6.45, 7) is 6.52. The molecule has 0 bridgehead atoms. The smallest absolute Gasteiger partial charge is 0.355 e. The predicted molar refractivity (Wildman–Crippen MR) is 218 cm³/mol. The van der Waals surface area contributed by atoms with Crippen molar-refractivity contribution in [3.05, 3.63) is 89.1 Å². The number of nitrogens with zero attached hydrogens (tertiary/aromatic N) is 3. The molecule has 2 N–H and O–H groups in total. The first-order valence-corrected chi connectivity index (χ1v) is 22.3. The number of alkyl halides is 1. The number of para-hydroxylation sites is 1. The molecule has 5 heterocycles. The number of thiophene rings is 1. The molecule has 0 aliphatic carbocycles. The normalized spacial score (nSPS) is 22.9. The van der Waals surface area contributed by atoms with Gasteiger partial charge < -0.3 is 29.1 Å². The lowest BCUT2D eigenvalue weighted by molar-refractivity contribution is -0.148. The van der Waals surface area contributed by atoms with E-state index in [0.29, 0.717) is 47.3 Å². The lowest BCUT2D eigenvalue weighted by atomic mass is 9.91. The fourth-order valence-electron chi connectivity index (χ4n) is 8.18. The third-order valence-electron chi connectivity index (χ3n) is 11.1. The van der Waals surface area contributed by atoms with Crippen LogP contribution in [0.1, 0.15) is 85.5 Å². The van der Waals surface area contributed by atoms with Crippen LogP contribution in [0.2, 0.25) is 0 Å². The highest BCUT2D eigenvalue weighted by atomic mass is 32.1. The zero-order valence-electron chi connectivity index (χ0n) is 33.0. The summed E-state index contributed by atoms with van der Waals surface area (Å²) in [6.07, 6.45) is 6.47. The molecule has 308 valence electrons. The van der Waals surface area contributed by atoms with Gasteiger partial charge in [-0.1, -0.05) is 38.1 Å². The van der Waals surface area contributed by atoms with Gasteiger partial charge in [0.1, 0.15) is 29.6 Å². The minimum absolute atomic E-state index is 0.0230. The van der Waals surface area contributed by atoms with Gasteiger partial charge in [-0.3, -0.25) is 28.7 Å². The number of hydrogen-bond donors (Lipinski definition) is 2. The lowest BCUT2D eigenvalue weighted by Crippen LogP contribution is -2.58. The molecule has 2 aromatic carbocycles. The zero-order chi connectivity index (χ0) is 41.1. The number of methoxy groups -OCH3 is 1. The van der Waals surface area contributed by atoms with E-state index in [0.717, 1.165) is 24.2 Å². The van der Waals surface area contributed by atoms with Crippen molar-refractivity contribution in [3.63, 3.8) is 0 Å². The highest BCUT2D eigenvalue weighted by Gasteiger charge is 2.49. The molecule has 0 unspecified atom stereocenters. The van der Waals surface area contributed by atoms with E-state index in [1.807, 2.05) is 6.92 Å². The monoisotopic (exact) mass is 833 g/mol. The number of likely N-dealkylation sites (tertiary alicyclic amines) is 1. The number of fused-ring (bicyclic) bond motifs is 2. The van der Waals surface area contributed by atoms with Gasteiger partial charge in [0.2, 0.25) is 17.7 Å². The molecular weight excluding hydrogens is 785 g/mol. The predicted octanol–water partition coefficient (Wildman–Crippen LogP) is 6.99. The molecule has 13 nitrogen and oxygen atoms in total. The molecule has 3 saturated heterocycles. The van der Waals surface area contributed by atoms with Crippen molar-refractivity contribution < 1.29 is 42.1 Å². The number of rotatable bonds is 14. The molecule has 0 spiro atoms. The van der Waals surface area contributed by atoms with E-state index in [4.69, 9.17) is 14.0 Å². The molecule has 3 amide bonds. The van der Waals surface area contributed by atoms with Crippen molar-refractivity contribution in [1.29, 1.82) is 0 Å². The molecule has 2 aromatic heterocycles. The number of aromatic nitrogens is 1. The number of pyridine rings is 1. The Kier molecular flexibility index (Phi) is 12.5. The Labute approximate surface area is 341 Å². The second-order valence-corrected chi connectivity index (χ2v) is 18.6. The molecule has 0 saturated carbocycles. The summed E-state index contributed by atoms with van der Waals surface area (Å²) < 4.78 is 47.9. The Morgan fingerprint density at radius 3 is 2.59 bits per heavy atom. The van der Waals surface area contributed by atoms with E-state index in [-0.39, 0.29) is 47.6 Å². The third-order valence-corrected chi connectivity index (χ3v) is 14.4. The number of carbonyl (C=O) groups excluding carboxylic acids is 4. The van der Waals surface area contributed by atoms with E-state index in [1.165, 1.54) is 30.4 Å². The Morgan fingerprint density at radius 1 is 1.07 bits per heavy atom. The molecule has 16 heteroatoms. The van der Waals surface area contributed by atoms with Crippen molar-refractivity contribution in [2.45, 2.75) is 88.9 Å². The summed E-state index contributed by atoms with van der Waals surface area (Å²) in [6, 6.07) is 13.5. The molecule has 7 rings (SSSR count). The molecule has 3 aliphatic rings. The SMILES string of the molecule is CCCOC(=O)[C@H](C)N[P@@](=O)(Oc1ccccc1)[C@@H](F)c1ccc2sc(C(=O)N[C@H]3C[C@H](C)C[C@H]4CC[C@@H](C(=O)N5CC(c6cnccc6OC)C5)N4C3=O)cc2c1. The van der Waals surface area contributed by atoms with Crippen molar-refractivity contribution >= 4 is 52.6 Å². The van der Waals surface area contributed by atoms with Gasteiger partial charge in [0, 0.05) is 47.7 Å². The lowest BCUT2D eigenvalue weighted by Gasteiger charge is -2.42. The zero-order valence-corrected chi connectivity index (χ0v) is 34.7. The average Bonchev–Trinajstić information content (AvgIpc) is 3.80.